The van der Waals surface area contributed by atoms with Crippen molar-refractivity contribution in [3.05, 3.63) is 32.1 Å². The lowest BCUT2D eigenvalue weighted by atomic mass is 10.2. The van der Waals surface area contributed by atoms with Crippen molar-refractivity contribution in [3.8, 4) is 5.75 Å². The Balaban J connectivity index is 3.34. The van der Waals surface area contributed by atoms with Gasteiger partial charge >= 0.3 is 17.7 Å². The highest BCUT2D eigenvalue weighted by atomic mass is 19.4. The van der Waals surface area contributed by atoms with E-state index in [1.165, 1.54) is 0 Å². The minimum atomic E-state index is -5.18. The third kappa shape index (κ3) is 3.16. The van der Waals surface area contributed by atoms with Crippen LogP contribution in [-0.4, -0.2) is 16.3 Å². The number of aromatic nitrogens is 1. The molecule has 10 heteroatoms. The van der Waals surface area contributed by atoms with E-state index in [0.29, 0.717) is 6.07 Å². The summed E-state index contributed by atoms with van der Waals surface area (Å²) in [4.78, 5) is 21.8. The minimum Gasteiger partial charge on any atom is -0.405 e. The van der Waals surface area contributed by atoms with Crippen molar-refractivity contribution in [1.82, 2.24) is 4.98 Å². The standard InChI is InChI=1S/C7H4F4N2O4/c8-2-3-4(17-7(9,10)11)1-5(13(15)16)12-6(3)14/h1H,2H2,(H,12,14). The average Bonchev–Trinajstić information content (AvgIpc) is 2.14. The molecule has 1 aromatic heterocycles. The van der Waals surface area contributed by atoms with Gasteiger partial charge in [-0.1, -0.05) is 0 Å². The van der Waals surface area contributed by atoms with Crippen LogP contribution in [0.4, 0.5) is 23.4 Å². The first kappa shape index (κ1) is 12.9. The zero-order chi connectivity index (χ0) is 13.2. The van der Waals surface area contributed by atoms with Gasteiger partial charge in [0, 0.05) is 0 Å². The molecule has 0 atom stereocenters. The average molecular weight is 256 g/mol. The number of nitrogens with one attached hydrogen (secondary N) is 1. The zero-order valence-electron chi connectivity index (χ0n) is 7.88. The smallest absolute Gasteiger partial charge is 0.405 e. The molecule has 0 amide bonds. The fourth-order valence-corrected chi connectivity index (χ4v) is 0.992. The summed E-state index contributed by atoms with van der Waals surface area (Å²) in [6, 6.07) is 0.295. The van der Waals surface area contributed by atoms with Gasteiger partial charge in [0.15, 0.2) is 5.75 Å². The Labute approximate surface area is 90.0 Å². The predicted octanol–water partition coefficient (Wildman–Crippen LogP) is 1.65. The summed E-state index contributed by atoms with van der Waals surface area (Å²) >= 11 is 0. The molecule has 0 aliphatic carbocycles. The summed E-state index contributed by atoms with van der Waals surface area (Å²) in [6.45, 7) is -1.54. The second-order valence-electron chi connectivity index (χ2n) is 2.77. The summed E-state index contributed by atoms with van der Waals surface area (Å²) in [5, 5.41) is 10.3. The van der Waals surface area contributed by atoms with Crippen LogP contribution in [-0.2, 0) is 6.67 Å². The number of ether oxygens (including phenoxy) is 1. The second-order valence-corrected chi connectivity index (χ2v) is 2.77. The molecule has 94 valence electrons. The molecule has 0 unspecified atom stereocenters. The fraction of sp³-hybridized carbons (Fsp3) is 0.286. The molecule has 0 saturated heterocycles. The maximum Gasteiger partial charge on any atom is 0.573 e. The van der Waals surface area contributed by atoms with Gasteiger partial charge < -0.3 is 14.9 Å². The molecule has 0 fully saturated rings. The van der Waals surface area contributed by atoms with Gasteiger partial charge in [-0.25, -0.2) is 14.2 Å². The Kier molecular flexibility index (Phi) is 3.34. The molecule has 17 heavy (non-hydrogen) atoms. The Hall–Kier alpha value is -2.13. The molecule has 6 nitrogen and oxygen atoms in total. The molecular weight excluding hydrogens is 252 g/mol. The quantitative estimate of drug-likeness (QED) is 0.506. The molecule has 0 aromatic carbocycles. The van der Waals surface area contributed by atoms with Crippen LogP contribution in [0.15, 0.2) is 10.9 Å². The lowest BCUT2D eigenvalue weighted by Gasteiger charge is -2.10. The maximum atomic E-state index is 12.3. The molecule has 0 spiro atoms. The normalized spacial score (nSPS) is 11.3. The van der Waals surface area contributed by atoms with Gasteiger partial charge in [0.25, 0.3) is 0 Å². The Bertz CT molecular complexity index is 496. The number of hydrogen-bond acceptors (Lipinski definition) is 4. The molecule has 1 aromatic rings. The van der Waals surface area contributed by atoms with Gasteiger partial charge in [-0.15, -0.1) is 13.2 Å². The minimum absolute atomic E-state index is 0.295. The van der Waals surface area contributed by atoms with Crippen LogP contribution < -0.4 is 10.3 Å². The van der Waals surface area contributed by atoms with Crippen LogP contribution in [0, 0.1) is 10.1 Å². The summed E-state index contributed by atoms with van der Waals surface area (Å²) in [5.74, 6) is -2.25. The number of aromatic amines is 1. The summed E-state index contributed by atoms with van der Waals surface area (Å²) in [5.41, 5.74) is -2.31. The molecule has 1 rings (SSSR count). The van der Waals surface area contributed by atoms with Gasteiger partial charge in [0.05, 0.1) is 6.07 Å². The largest absolute Gasteiger partial charge is 0.573 e. The van der Waals surface area contributed by atoms with E-state index in [1.54, 1.807) is 4.98 Å². The molecule has 0 bridgehead atoms. The van der Waals surface area contributed by atoms with Crippen molar-refractivity contribution < 1.29 is 27.2 Å². The number of nitrogens with zero attached hydrogens (tertiary/aromatic N) is 1. The van der Waals surface area contributed by atoms with Crippen molar-refractivity contribution >= 4 is 5.82 Å². The van der Waals surface area contributed by atoms with E-state index in [0.717, 1.165) is 0 Å². The van der Waals surface area contributed by atoms with E-state index in [4.69, 9.17) is 0 Å². The van der Waals surface area contributed by atoms with E-state index in [1.807, 2.05) is 0 Å². The summed E-state index contributed by atoms with van der Waals surface area (Å²) in [7, 11) is 0. The van der Waals surface area contributed by atoms with Crippen molar-refractivity contribution in [3.63, 3.8) is 0 Å². The van der Waals surface area contributed by atoms with Crippen LogP contribution in [0.5, 0.6) is 5.75 Å². The number of hydrogen-bond donors (Lipinski definition) is 1. The van der Waals surface area contributed by atoms with Crippen molar-refractivity contribution in [2.24, 2.45) is 0 Å². The molecular formula is C7H4F4N2O4. The molecule has 0 saturated carbocycles. The monoisotopic (exact) mass is 256 g/mol. The number of H-pyrrole nitrogens is 1. The summed E-state index contributed by atoms with van der Waals surface area (Å²) < 4.78 is 51.3. The fourth-order valence-electron chi connectivity index (χ4n) is 0.992. The highest BCUT2D eigenvalue weighted by molar-refractivity contribution is 5.38. The number of halogens is 4. The van der Waals surface area contributed by atoms with Crippen LogP contribution in [0.1, 0.15) is 5.56 Å². The Morgan fingerprint density at radius 1 is 1.47 bits per heavy atom. The van der Waals surface area contributed by atoms with Crippen LogP contribution in [0.3, 0.4) is 0 Å². The zero-order valence-corrected chi connectivity index (χ0v) is 7.88. The van der Waals surface area contributed by atoms with Crippen molar-refractivity contribution in [1.29, 1.82) is 0 Å². The first-order valence-corrected chi connectivity index (χ1v) is 3.97. The van der Waals surface area contributed by atoms with Gasteiger partial charge in [-0.2, -0.15) is 0 Å². The van der Waals surface area contributed by atoms with E-state index in [-0.39, 0.29) is 0 Å². The van der Waals surface area contributed by atoms with Gasteiger partial charge in [-0.3, -0.25) is 0 Å². The third-order valence-corrected chi connectivity index (χ3v) is 1.64. The Morgan fingerprint density at radius 2 is 2.06 bits per heavy atom. The van der Waals surface area contributed by atoms with E-state index < -0.39 is 40.7 Å². The van der Waals surface area contributed by atoms with Crippen molar-refractivity contribution in [2.75, 3.05) is 0 Å². The van der Waals surface area contributed by atoms with Crippen LogP contribution >= 0.6 is 0 Å². The topological polar surface area (TPSA) is 85.2 Å². The van der Waals surface area contributed by atoms with E-state index in [9.17, 15) is 32.5 Å². The van der Waals surface area contributed by atoms with E-state index >= 15 is 0 Å². The summed E-state index contributed by atoms with van der Waals surface area (Å²) in [6.07, 6.45) is -5.18. The van der Waals surface area contributed by atoms with E-state index in [2.05, 4.69) is 4.74 Å². The van der Waals surface area contributed by atoms with Crippen molar-refractivity contribution in [2.45, 2.75) is 13.0 Å². The molecule has 0 aliphatic heterocycles. The molecule has 1 N–H and O–H groups in total. The molecule has 0 radical (unpaired) electrons. The van der Waals surface area contributed by atoms with Gasteiger partial charge in [-0.05, 0) is 4.92 Å². The van der Waals surface area contributed by atoms with Gasteiger partial charge in [0.2, 0.25) is 0 Å². The maximum absolute atomic E-state index is 12.3. The molecule has 0 aliphatic rings. The van der Waals surface area contributed by atoms with Crippen LogP contribution in [0.2, 0.25) is 0 Å². The van der Waals surface area contributed by atoms with Gasteiger partial charge in [0.1, 0.15) is 12.2 Å². The SMILES string of the molecule is O=c1[nH]c([N+](=O)[O-])cc(OC(F)(F)F)c1CF. The first-order chi connectivity index (χ1) is 7.74. The number of pyridine rings is 1. The highest BCUT2D eigenvalue weighted by Gasteiger charge is 2.34. The number of alkyl halides is 4. The first-order valence-electron chi connectivity index (χ1n) is 3.97. The number of rotatable bonds is 3. The second kappa shape index (κ2) is 4.39. The highest BCUT2D eigenvalue weighted by Crippen LogP contribution is 2.27. The third-order valence-electron chi connectivity index (χ3n) is 1.64. The predicted molar refractivity (Wildman–Crippen MR) is 45.2 cm³/mol. The van der Waals surface area contributed by atoms with Crippen LogP contribution in [0.25, 0.3) is 0 Å². The Morgan fingerprint density at radius 3 is 2.47 bits per heavy atom. The molecule has 1 heterocycles. The lowest BCUT2D eigenvalue weighted by Crippen LogP contribution is -2.22. The number of nitro groups is 1. The lowest BCUT2D eigenvalue weighted by molar-refractivity contribution is -0.389.